The number of hydrogen-bond acceptors (Lipinski definition) is 6. The Morgan fingerprint density at radius 1 is 1.31 bits per heavy atom. The predicted octanol–water partition coefficient (Wildman–Crippen LogP) is 4.24. The summed E-state index contributed by atoms with van der Waals surface area (Å²) in [5, 5.41) is 12.8. The van der Waals surface area contributed by atoms with Gasteiger partial charge in [0, 0.05) is 17.7 Å². The molecule has 1 aromatic carbocycles. The van der Waals surface area contributed by atoms with Crippen LogP contribution >= 0.6 is 11.8 Å². The summed E-state index contributed by atoms with van der Waals surface area (Å²) >= 11 is 1.20. The molecule has 1 aromatic heterocycles. The molecule has 3 rings (SSSR count). The van der Waals surface area contributed by atoms with Gasteiger partial charge >= 0.3 is 0 Å². The molecular weight excluding hydrogens is 386 g/mol. The van der Waals surface area contributed by atoms with Crippen molar-refractivity contribution in [2.45, 2.75) is 38.6 Å². The number of amides is 1. The molecule has 1 heterocycles. The molecule has 0 bridgehead atoms. The lowest BCUT2D eigenvalue weighted by Gasteiger charge is -2.29. The van der Waals surface area contributed by atoms with E-state index >= 15 is 0 Å². The van der Waals surface area contributed by atoms with Crippen molar-refractivity contribution in [2.24, 2.45) is 5.41 Å². The summed E-state index contributed by atoms with van der Waals surface area (Å²) < 4.78 is 5.38. The first kappa shape index (κ1) is 20.9. The molecule has 150 valence electrons. The van der Waals surface area contributed by atoms with Crippen molar-refractivity contribution in [3.8, 4) is 11.8 Å². The van der Waals surface area contributed by atoms with Gasteiger partial charge in [0.2, 0.25) is 5.91 Å². The van der Waals surface area contributed by atoms with Crippen LogP contribution in [0.3, 0.4) is 0 Å². The topological polar surface area (TPSA) is 92.1 Å². The number of nitrogens with one attached hydrogen (secondary N) is 1. The average Bonchev–Trinajstić information content (AvgIpc) is 2.66. The van der Waals surface area contributed by atoms with Gasteiger partial charge in [0.15, 0.2) is 5.78 Å². The van der Waals surface area contributed by atoms with Crippen molar-refractivity contribution in [1.82, 2.24) is 4.98 Å². The summed E-state index contributed by atoms with van der Waals surface area (Å²) in [6.07, 6.45) is 1.12. The maximum Gasteiger partial charge on any atom is 0.234 e. The maximum atomic E-state index is 12.4. The maximum absolute atomic E-state index is 12.4. The molecular formula is C22H23N3O3S. The number of pyridine rings is 1. The molecule has 0 fully saturated rings. The van der Waals surface area contributed by atoms with Gasteiger partial charge in [0.1, 0.15) is 16.8 Å². The number of anilines is 1. The lowest BCUT2D eigenvalue weighted by molar-refractivity contribution is -0.113. The number of rotatable bonds is 6. The van der Waals surface area contributed by atoms with Crippen LogP contribution in [0.25, 0.3) is 0 Å². The van der Waals surface area contributed by atoms with Gasteiger partial charge in [0.05, 0.1) is 23.6 Å². The highest BCUT2D eigenvalue weighted by atomic mass is 32.2. The van der Waals surface area contributed by atoms with Crippen LogP contribution in [0.15, 0.2) is 35.4 Å². The molecule has 0 unspecified atom stereocenters. The standard InChI is InChI=1S/C22H23N3O3S/c1-4-28-16-7-5-15(6-8-16)24-20(27)13-29-21-14(12-23)9-17-18(25-21)10-22(2,3)11-19(17)26/h5-9H,4,10-11,13H2,1-3H3,(H,24,27). The first-order valence-corrected chi connectivity index (χ1v) is 10.4. The number of ether oxygens (including phenoxy) is 1. The van der Waals surface area contributed by atoms with Crippen LogP contribution in [0.1, 0.15) is 48.8 Å². The molecule has 0 spiro atoms. The fourth-order valence-electron chi connectivity index (χ4n) is 3.28. The Labute approximate surface area is 174 Å². The van der Waals surface area contributed by atoms with Gasteiger partial charge in [-0.1, -0.05) is 25.6 Å². The van der Waals surface area contributed by atoms with Crippen LogP contribution in [0, 0.1) is 16.7 Å². The summed E-state index contributed by atoms with van der Waals surface area (Å²) in [6.45, 7) is 6.56. The van der Waals surface area contributed by atoms with Gasteiger partial charge in [0.25, 0.3) is 0 Å². The highest BCUT2D eigenvalue weighted by Crippen LogP contribution is 2.36. The summed E-state index contributed by atoms with van der Waals surface area (Å²) in [5.74, 6) is 0.684. The van der Waals surface area contributed by atoms with Crippen LogP contribution < -0.4 is 10.1 Å². The monoisotopic (exact) mass is 409 g/mol. The molecule has 0 saturated heterocycles. The molecule has 1 aliphatic rings. The molecule has 0 radical (unpaired) electrons. The normalized spacial score (nSPS) is 14.6. The second kappa shape index (κ2) is 8.66. The number of carbonyl (C=O) groups excluding carboxylic acids is 2. The molecule has 0 saturated carbocycles. The number of fused-ring (bicyclic) bond motifs is 1. The van der Waals surface area contributed by atoms with Crippen LogP contribution in [-0.2, 0) is 11.2 Å². The summed E-state index contributed by atoms with van der Waals surface area (Å²) in [6, 6.07) is 10.9. The Balaban J connectivity index is 1.69. The number of hydrogen-bond donors (Lipinski definition) is 1. The lowest BCUT2D eigenvalue weighted by Crippen LogP contribution is -2.28. The van der Waals surface area contributed by atoms with Crippen LogP contribution in [0.5, 0.6) is 5.75 Å². The summed E-state index contributed by atoms with van der Waals surface area (Å²) in [7, 11) is 0. The third kappa shape index (κ3) is 5.15. The van der Waals surface area contributed by atoms with Crippen molar-refractivity contribution in [2.75, 3.05) is 17.7 Å². The van der Waals surface area contributed by atoms with Crippen molar-refractivity contribution in [1.29, 1.82) is 5.26 Å². The second-order valence-electron chi connectivity index (χ2n) is 7.68. The fourth-order valence-corrected chi connectivity index (χ4v) is 4.05. The van der Waals surface area contributed by atoms with Crippen molar-refractivity contribution in [3.63, 3.8) is 0 Å². The van der Waals surface area contributed by atoms with Gasteiger partial charge < -0.3 is 10.1 Å². The number of Topliss-reactive ketones (excluding diaryl/α,β-unsaturated/α-hetero) is 1. The smallest absolute Gasteiger partial charge is 0.234 e. The molecule has 0 atom stereocenters. The molecule has 2 aromatic rings. The van der Waals surface area contributed by atoms with E-state index in [4.69, 9.17) is 4.74 Å². The second-order valence-corrected chi connectivity index (χ2v) is 8.65. The van der Waals surface area contributed by atoms with E-state index in [9.17, 15) is 14.9 Å². The van der Waals surface area contributed by atoms with E-state index in [1.807, 2.05) is 20.8 Å². The Kier molecular flexibility index (Phi) is 6.23. The van der Waals surface area contributed by atoms with E-state index in [0.29, 0.717) is 47.0 Å². The number of carbonyl (C=O) groups is 2. The lowest BCUT2D eigenvalue weighted by atomic mass is 9.75. The minimum absolute atomic E-state index is 0.0186. The summed E-state index contributed by atoms with van der Waals surface area (Å²) in [4.78, 5) is 29.3. The zero-order valence-corrected chi connectivity index (χ0v) is 17.6. The van der Waals surface area contributed by atoms with E-state index in [1.54, 1.807) is 30.3 Å². The molecule has 7 heteroatoms. The predicted molar refractivity (Wildman–Crippen MR) is 112 cm³/mol. The minimum Gasteiger partial charge on any atom is -0.494 e. The van der Waals surface area contributed by atoms with Crippen LogP contribution in [-0.4, -0.2) is 29.0 Å². The van der Waals surface area contributed by atoms with Gasteiger partial charge in [-0.05, 0) is 49.1 Å². The van der Waals surface area contributed by atoms with Gasteiger partial charge in [-0.15, -0.1) is 0 Å². The Hall–Kier alpha value is -2.85. The van der Waals surface area contributed by atoms with E-state index in [-0.39, 0.29) is 22.9 Å². The van der Waals surface area contributed by atoms with Crippen LogP contribution in [0.2, 0.25) is 0 Å². The van der Waals surface area contributed by atoms with Gasteiger partial charge in [-0.25, -0.2) is 4.98 Å². The zero-order chi connectivity index (χ0) is 21.0. The highest BCUT2D eigenvalue weighted by molar-refractivity contribution is 8.00. The SMILES string of the molecule is CCOc1ccc(NC(=O)CSc2nc3c(cc2C#N)C(=O)CC(C)(C)C3)cc1. The average molecular weight is 410 g/mol. The highest BCUT2D eigenvalue weighted by Gasteiger charge is 2.32. The fraction of sp³-hybridized carbons (Fsp3) is 0.364. The Morgan fingerprint density at radius 3 is 2.69 bits per heavy atom. The number of benzene rings is 1. The van der Waals surface area contributed by atoms with E-state index < -0.39 is 0 Å². The Bertz CT molecular complexity index is 978. The first-order valence-electron chi connectivity index (χ1n) is 9.44. The molecule has 29 heavy (non-hydrogen) atoms. The number of nitrogens with zero attached hydrogens (tertiary/aromatic N) is 2. The third-order valence-electron chi connectivity index (χ3n) is 4.56. The van der Waals surface area contributed by atoms with Gasteiger partial charge in [-0.3, -0.25) is 9.59 Å². The molecule has 1 N–H and O–H groups in total. The molecule has 6 nitrogen and oxygen atoms in total. The minimum atomic E-state index is -0.195. The first-order chi connectivity index (χ1) is 13.8. The third-order valence-corrected chi connectivity index (χ3v) is 5.55. The van der Waals surface area contributed by atoms with Crippen molar-refractivity contribution < 1.29 is 14.3 Å². The number of aromatic nitrogens is 1. The van der Waals surface area contributed by atoms with E-state index in [2.05, 4.69) is 16.4 Å². The van der Waals surface area contributed by atoms with Crippen molar-refractivity contribution in [3.05, 3.63) is 47.2 Å². The quantitative estimate of drug-likeness (QED) is 0.718. The van der Waals surface area contributed by atoms with Crippen molar-refractivity contribution >= 4 is 29.1 Å². The van der Waals surface area contributed by atoms with Crippen LogP contribution in [0.4, 0.5) is 5.69 Å². The van der Waals surface area contributed by atoms with E-state index in [1.165, 1.54) is 11.8 Å². The number of thioether (sulfide) groups is 1. The molecule has 1 amide bonds. The summed E-state index contributed by atoms with van der Waals surface area (Å²) in [5.41, 5.74) is 2.09. The largest absolute Gasteiger partial charge is 0.494 e. The zero-order valence-electron chi connectivity index (χ0n) is 16.7. The van der Waals surface area contributed by atoms with Gasteiger partial charge in [-0.2, -0.15) is 5.26 Å². The number of nitriles is 1. The molecule has 1 aliphatic carbocycles. The Morgan fingerprint density at radius 2 is 2.03 bits per heavy atom. The number of ketones is 1. The van der Waals surface area contributed by atoms with E-state index in [0.717, 1.165) is 5.75 Å². The molecule has 0 aliphatic heterocycles.